The Labute approximate surface area is 80.6 Å². The van der Waals surface area contributed by atoms with Crippen LogP contribution in [0, 0.1) is 7.05 Å². The van der Waals surface area contributed by atoms with Gasteiger partial charge in [0, 0.05) is 24.4 Å². The summed E-state index contributed by atoms with van der Waals surface area (Å²) in [6.45, 7) is 6.19. The van der Waals surface area contributed by atoms with E-state index in [9.17, 15) is 0 Å². The molecule has 0 aromatic carbocycles. The smallest absolute Gasteiger partial charge is 0.0791 e. The minimum atomic E-state index is 1.05. The molecule has 1 N–H and O–H groups in total. The van der Waals surface area contributed by atoms with Gasteiger partial charge in [-0.2, -0.15) is 7.05 Å². The Morgan fingerprint density at radius 3 is 2.92 bits per heavy atom. The molecule has 2 heteroatoms. The summed E-state index contributed by atoms with van der Waals surface area (Å²) < 4.78 is 0. The fraction of sp³-hybridized carbons (Fsp3) is 0.455. The topological polar surface area (TPSA) is 17.3 Å². The van der Waals surface area contributed by atoms with Gasteiger partial charge in [0.15, 0.2) is 0 Å². The second-order valence-electron chi connectivity index (χ2n) is 3.07. The predicted molar refractivity (Wildman–Crippen MR) is 54.2 cm³/mol. The number of fused-ring (bicyclic) bond motifs is 1. The van der Waals surface area contributed by atoms with Crippen molar-refractivity contribution in [1.82, 2.24) is 4.98 Å². The maximum atomic E-state index is 4.09. The number of rotatable bonds is 0. The van der Waals surface area contributed by atoms with Crippen molar-refractivity contribution in [3.63, 3.8) is 0 Å². The van der Waals surface area contributed by atoms with Crippen LogP contribution in [0.25, 0.3) is 0 Å². The van der Waals surface area contributed by atoms with Gasteiger partial charge in [0.2, 0.25) is 0 Å². The summed E-state index contributed by atoms with van der Waals surface area (Å²) in [5, 5.41) is 0. The molecular formula is C11H18N2. The molecule has 0 bridgehead atoms. The van der Waals surface area contributed by atoms with E-state index in [1.807, 2.05) is 26.2 Å². The summed E-state index contributed by atoms with van der Waals surface area (Å²) in [4.78, 5) is 5.44. The number of hydrogen-bond donors (Lipinski definition) is 1. The van der Waals surface area contributed by atoms with E-state index in [0.29, 0.717) is 0 Å². The Balaban J connectivity index is 0.000000396. The normalized spacial score (nSPS) is 19.8. The number of pyridine rings is 1. The summed E-state index contributed by atoms with van der Waals surface area (Å²) >= 11 is 0. The Hall–Kier alpha value is -0.890. The first kappa shape index (κ1) is 10.2. The lowest BCUT2D eigenvalue weighted by Gasteiger charge is -2.26. The van der Waals surface area contributed by atoms with Crippen molar-refractivity contribution < 1.29 is 4.90 Å². The first-order valence-electron chi connectivity index (χ1n) is 4.94. The Morgan fingerprint density at radius 1 is 1.38 bits per heavy atom. The van der Waals surface area contributed by atoms with Gasteiger partial charge in [0.05, 0.1) is 13.1 Å². The van der Waals surface area contributed by atoms with Gasteiger partial charge < -0.3 is 4.90 Å². The van der Waals surface area contributed by atoms with Crippen LogP contribution in [0.3, 0.4) is 0 Å². The highest BCUT2D eigenvalue weighted by Gasteiger charge is 2.11. The van der Waals surface area contributed by atoms with Gasteiger partial charge in [-0.25, -0.2) is 0 Å². The third-order valence-electron chi connectivity index (χ3n) is 2.19. The molecule has 13 heavy (non-hydrogen) atoms. The molecule has 0 saturated heterocycles. The van der Waals surface area contributed by atoms with E-state index in [0.717, 1.165) is 19.5 Å². The van der Waals surface area contributed by atoms with Crippen LogP contribution >= 0.6 is 0 Å². The Bertz CT molecular complexity index is 258. The van der Waals surface area contributed by atoms with E-state index in [1.165, 1.54) is 16.0 Å². The fourth-order valence-electron chi connectivity index (χ4n) is 1.52. The molecule has 72 valence electrons. The van der Waals surface area contributed by atoms with Gasteiger partial charge in [0.25, 0.3) is 0 Å². The van der Waals surface area contributed by atoms with Crippen LogP contribution in [0.2, 0.25) is 0 Å². The number of nitrogens with zero attached hydrogens (tertiary/aromatic N) is 1. The Morgan fingerprint density at radius 2 is 2.15 bits per heavy atom. The quantitative estimate of drug-likeness (QED) is 0.583. The van der Waals surface area contributed by atoms with Crippen LogP contribution in [0.1, 0.15) is 25.0 Å². The number of hydrogen-bond acceptors (Lipinski definition) is 1. The Kier molecular flexibility index (Phi) is 3.90. The highest BCUT2D eigenvalue weighted by atomic mass is 15.1. The lowest BCUT2D eigenvalue weighted by molar-refractivity contribution is -0.870. The van der Waals surface area contributed by atoms with Gasteiger partial charge in [-0.05, 0) is 11.6 Å². The standard InChI is InChI=1S/C9H12N2.C2H6/c1-11-5-3-8-6-10-4-2-9(8)7-11;1-2/h2,4,6,11H,1,3,5,7H2;1-2H3. The average Bonchev–Trinajstić information content (AvgIpc) is 2.21. The monoisotopic (exact) mass is 178 g/mol. The minimum Gasteiger partial charge on any atom is -0.464 e. The van der Waals surface area contributed by atoms with E-state index in [1.54, 1.807) is 0 Å². The average molecular weight is 178 g/mol. The van der Waals surface area contributed by atoms with Gasteiger partial charge >= 0.3 is 0 Å². The van der Waals surface area contributed by atoms with Crippen LogP contribution in [-0.4, -0.2) is 11.5 Å². The number of aromatic nitrogens is 1. The summed E-state index contributed by atoms with van der Waals surface area (Å²) in [5.41, 5.74) is 2.82. The molecule has 1 atom stereocenters. The molecule has 2 rings (SSSR count). The molecule has 0 aliphatic carbocycles. The zero-order chi connectivity index (χ0) is 9.68. The van der Waals surface area contributed by atoms with Gasteiger partial charge in [-0.1, -0.05) is 13.8 Å². The molecule has 0 amide bonds. The number of nitrogens with one attached hydrogen (secondary N) is 1. The first-order valence-corrected chi connectivity index (χ1v) is 4.94. The minimum absolute atomic E-state index is 1.05. The molecular weight excluding hydrogens is 160 g/mol. The third-order valence-corrected chi connectivity index (χ3v) is 2.19. The molecule has 1 aliphatic rings. The molecule has 0 saturated carbocycles. The highest BCUT2D eigenvalue weighted by Crippen LogP contribution is 2.07. The molecule has 2 nitrogen and oxygen atoms in total. The highest BCUT2D eigenvalue weighted by molar-refractivity contribution is 5.23. The van der Waals surface area contributed by atoms with Gasteiger partial charge in [-0.15, -0.1) is 0 Å². The molecule has 0 radical (unpaired) electrons. The van der Waals surface area contributed by atoms with Crippen molar-refractivity contribution in [3.8, 4) is 0 Å². The lowest BCUT2D eigenvalue weighted by Crippen LogP contribution is -3.06. The predicted octanol–water partition coefficient (Wildman–Crippen LogP) is 0.840. The van der Waals surface area contributed by atoms with E-state index in [2.05, 4.69) is 18.1 Å². The van der Waals surface area contributed by atoms with Crippen molar-refractivity contribution in [2.45, 2.75) is 26.8 Å². The van der Waals surface area contributed by atoms with Gasteiger partial charge in [-0.3, -0.25) is 4.98 Å². The van der Waals surface area contributed by atoms with Crippen molar-refractivity contribution >= 4 is 0 Å². The molecule has 1 aromatic rings. The molecule has 0 spiro atoms. The van der Waals surface area contributed by atoms with Crippen molar-refractivity contribution in [1.29, 1.82) is 0 Å². The van der Waals surface area contributed by atoms with Crippen molar-refractivity contribution in [2.24, 2.45) is 0 Å². The summed E-state index contributed by atoms with van der Waals surface area (Å²) in [6.07, 6.45) is 4.96. The van der Waals surface area contributed by atoms with E-state index >= 15 is 0 Å². The zero-order valence-corrected chi connectivity index (χ0v) is 8.51. The maximum Gasteiger partial charge on any atom is 0.0791 e. The summed E-state index contributed by atoms with van der Waals surface area (Å²) in [7, 11) is 3.99. The van der Waals surface area contributed by atoms with E-state index in [4.69, 9.17) is 0 Å². The lowest BCUT2D eigenvalue weighted by atomic mass is 10.0. The summed E-state index contributed by atoms with van der Waals surface area (Å²) in [5.74, 6) is 0. The number of quaternary nitrogens is 1. The van der Waals surface area contributed by atoms with Gasteiger partial charge in [0.1, 0.15) is 0 Å². The van der Waals surface area contributed by atoms with Crippen LogP contribution in [0.4, 0.5) is 0 Å². The van der Waals surface area contributed by atoms with Crippen LogP contribution in [0.5, 0.6) is 0 Å². The van der Waals surface area contributed by atoms with Crippen molar-refractivity contribution in [2.75, 3.05) is 6.54 Å². The van der Waals surface area contributed by atoms with E-state index < -0.39 is 0 Å². The molecule has 1 aromatic heterocycles. The zero-order valence-electron chi connectivity index (χ0n) is 8.51. The first-order chi connectivity index (χ1) is 6.36. The van der Waals surface area contributed by atoms with Crippen LogP contribution in [-0.2, 0) is 13.0 Å². The van der Waals surface area contributed by atoms with Crippen molar-refractivity contribution in [3.05, 3.63) is 36.6 Å². The van der Waals surface area contributed by atoms with Crippen LogP contribution < -0.4 is 4.90 Å². The second kappa shape index (κ2) is 4.97. The molecule has 1 unspecified atom stereocenters. The summed E-state index contributed by atoms with van der Waals surface area (Å²) in [6, 6.07) is 2.10. The molecule has 1 aliphatic heterocycles. The van der Waals surface area contributed by atoms with Crippen LogP contribution in [0.15, 0.2) is 18.5 Å². The second-order valence-corrected chi connectivity index (χ2v) is 3.07. The third kappa shape index (κ3) is 2.52. The van der Waals surface area contributed by atoms with E-state index in [-0.39, 0.29) is 0 Å². The molecule has 2 heterocycles. The maximum absolute atomic E-state index is 4.09. The SMILES string of the molecule is CC.[CH2-][NH+]1CCc2cnccc2C1. The molecule has 0 fully saturated rings. The largest absolute Gasteiger partial charge is 0.464 e. The fourth-order valence-corrected chi connectivity index (χ4v) is 1.52.